The first-order valence-corrected chi connectivity index (χ1v) is 11.6. The van der Waals surface area contributed by atoms with Crippen LogP contribution in [0.15, 0.2) is 11.6 Å². The second-order valence-electron chi connectivity index (χ2n) is 10.4. The Labute approximate surface area is 184 Å². The van der Waals surface area contributed by atoms with Crippen LogP contribution in [0, 0.1) is 34.5 Å². The highest BCUT2D eigenvalue weighted by atomic mass is 16.5. The number of ketones is 2. The number of ether oxygens (including phenoxy) is 1. The molecular weight excluding hydrogens is 396 g/mol. The molecule has 6 heteroatoms. The van der Waals surface area contributed by atoms with Crippen LogP contribution in [0.5, 0.6) is 0 Å². The highest BCUT2D eigenvalue weighted by Gasteiger charge is 2.60. The summed E-state index contributed by atoms with van der Waals surface area (Å²) in [6.07, 6.45) is 10.1. The summed E-state index contributed by atoms with van der Waals surface area (Å²) in [6.45, 7) is 7.09. The van der Waals surface area contributed by atoms with Crippen molar-refractivity contribution in [3.05, 3.63) is 11.6 Å². The van der Waals surface area contributed by atoms with Gasteiger partial charge in [0.2, 0.25) is 0 Å². The second-order valence-corrected chi connectivity index (χ2v) is 10.4. The molecule has 31 heavy (non-hydrogen) atoms. The van der Waals surface area contributed by atoms with Crippen molar-refractivity contribution in [1.29, 1.82) is 0 Å². The summed E-state index contributed by atoms with van der Waals surface area (Å²) in [5, 5.41) is 7.42. The number of esters is 1. The molecule has 0 aromatic rings. The number of rotatable bonds is 3. The summed E-state index contributed by atoms with van der Waals surface area (Å²) < 4.78 is 5.02. The summed E-state index contributed by atoms with van der Waals surface area (Å²) in [4.78, 5) is 44.8. The normalized spacial score (nSPS) is 38.5. The van der Waals surface area contributed by atoms with Crippen molar-refractivity contribution in [2.24, 2.45) is 34.5 Å². The third-order valence-electron chi connectivity index (χ3n) is 8.77. The van der Waals surface area contributed by atoms with Crippen LogP contribution in [0.1, 0.15) is 79.1 Å². The van der Waals surface area contributed by atoms with Gasteiger partial charge in [0.15, 0.2) is 11.6 Å². The first-order chi connectivity index (χ1) is 14.5. The molecule has 6 atom stereocenters. The average Bonchev–Trinajstić information content (AvgIpc) is 3.03. The molecule has 0 saturated heterocycles. The van der Waals surface area contributed by atoms with Gasteiger partial charge in [0.05, 0.1) is 0 Å². The van der Waals surface area contributed by atoms with Crippen molar-refractivity contribution in [3.63, 3.8) is 0 Å². The van der Waals surface area contributed by atoms with Gasteiger partial charge in [0, 0.05) is 26.2 Å². The van der Waals surface area contributed by atoms with Crippen molar-refractivity contribution >= 4 is 23.5 Å². The molecule has 4 aliphatic rings. The van der Waals surface area contributed by atoms with Gasteiger partial charge in [-0.15, -0.1) is 0 Å². The Morgan fingerprint density at radius 3 is 2.35 bits per heavy atom. The molecule has 0 heterocycles. The molecule has 0 aliphatic heterocycles. The van der Waals surface area contributed by atoms with Crippen molar-refractivity contribution in [2.75, 3.05) is 6.61 Å². The van der Waals surface area contributed by atoms with E-state index in [4.69, 9.17) is 14.6 Å². The summed E-state index contributed by atoms with van der Waals surface area (Å²) >= 11 is 0. The number of Topliss-reactive ketones (excluding diaryl/α,β-unsaturated/α-hetero) is 1. The Hall–Kier alpha value is -1.98. The number of carboxylic acid groups (broad SMARTS) is 1. The number of fused-ring (bicyclic) bond motifs is 5. The fourth-order valence-electron chi connectivity index (χ4n) is 7.36. The van der Waals surface area contributed by atoms with Gasteiger partial charge in [-0.1, -0.05) is 19.4 Å². The van der Waals surface area contributed by atoms with Gasteiger partial charge in [0.25, 0.3) is 5.97 Å². The maximum Gasteiger partial charge on any atom is 0.303 e. The summed E-state index contributed by atoms with van der Waals surface area (Å²) in [7, 11) is 0. The van der Waals surface area contributed by atoms with Gasteiger partial charge in [-0.3, -0.25) is 19.2 Å². The predicted molar refractivity (Wildman–Crippen MR) is 115 cm³/mol. The van der Waals surface area contributed by atoms with Crippen LogP contribution in [-0.4, -0.2) is 35.2 Å². The molecule has 0 spiro atoms. The molecule has 0 radical (unpaired) electrons. The molecule has 4 rings (SSSR count). The minimum atomic E-state index is -0.833. The SMILES string of the molecule is CC(=O)O.CC(=O)OCC(=O)[C@H]1CC[C@H]2[C@@H]3CCC4=CC(=O)CC[C@]4(C)[C@H]3CC[C@]12C. The largest absolute Gasteiger partial charge is 0.481 e. The molecular formula is C25H36O6. The van der Waals surface area contributed by atoms with Crippen molar-refractivity contribution in [2.45, 2.75) is 79.1 Å². The molecule has 3 saturated carbocycles. The minimum absolute atomic E-state index is 0.0282. The monoisotopic (exact) mass is 432 g/mol. The lowest BCUT2D eigenvalue weighted by Gasteiger charge is -2.58. The van der Waals surface area contributed by atoms with E-state index < -0.39 is 5.97 Å². The fraction of sp³-hybridized carbons (Fsp3) is 0.760. The molecule has 0 aromatic carbocycles. The van der Waals surface area contributed by atoms with Crippen LogP contribution in [0.25, 0.3) is 0 Å². The maximum absolute atomic E-state index is 12.8. The van der Waals surface area contributed by atoms with E-state index in [0.29, 0.717) is 30.0 Å². The molecule has 1 N–H and O–H groups in total. The van der Waals surface area contributed by atoms with Crippen LogP contribution < -0.4 is 0 Å². The summed E-state index contributed by atoms with van der Waals surface area (Å²) in [5.74, 6) is 1.12. The Balaban J connectivity index is 0.000000628. The number of hydrogen-bond donors (Lipinski definition) is 1. The van der Waals surface area contributed by atoms with Crippen LogP contribution in [0.4, 0.5) is 0 Å². The van der Waals surface area contributed by atoms with Crippen LogP contribution in [-0.2, 0) is 23.9 Å². The van der Waals surface area contributed by atoms with E-state index >= 15 is 0 Å². The molecule has 0 bridgehead atoms. The van der Waals surface area contributed by atoms with Crippen molar-refractivity contribution in [1.82, 2.24) is 0 Å². The van der Waals surface area contributed by atoms with Gasteiger partial charge in [-0.2, -0.15) is 0 Å². The van der Waals surface area contributed by atoms with Gasteiger partial charge in [0.1, 0.15) is 6.61 Å². The zero-order chi connectivity index (χ0) is 23.0. The number of carboxylic acids is 1. The molecule has 0 aromatic heterocycles. The zero-order valence-corrected chi connectivity index (χ0v) is 19.2. The molecule has 0 unspecified atom stereocenters. The smallest absolute Gasteiger partial charge is 0.303 e. The van der Waals surface area contributed by atoms with E-state index in [1.165, 1.54) is 12.5 Å². The number of hydrogen-bond acceptors (Lipinski definition) is 5. The summed E-state index contributed by atoms with van der Waals surface area (Å²) in [6, 6.07) is 0. The third kappa shape index (κ3) is 4.49. The van der Waals surface area contributed by atoms with E-state index in [1.807, 2.05) is 6.08 Å². The topological polar surface area (TPSA) is 97.7 Å². The zero-order valence-electron chi connectivity index (χ0n) is 19.2. The number of aliphatic carboxylic acids is 1. The molecule has 4 aliphatic carbocycles. The minimum Gasteiger partial charge on any atom is -0.481 e. The van der Waals surface area contributed by atoms with E-state index in [0.717, 1.165) is 51.9 Å². The standard InChI is InChI=1S/C23H32O4.C2H4O2/c1-14(24)27-13-21(26)20-7-6-18-17-5-4-15-12-16(25)8-10-22(15,2)19(17)9-11-23(18,20)3;1-2(3)4/h12,17-20H,4-11,13H2,1-3H3;1H3,(H,3,4)/t17-,18-,19-,20+,22-,23-;/m0./s1. The Morgan fingerprint density at radius 1 is 1.03 bits per heavy atom. The average molecular weight is 433 g/mol. The lowest BCUT2D eigenvalue weighted by atomic mass is 9.46. The van der Waals surface area contributed by atoms with E-state index in [-0.39, 0.29) is 35.1 Å². The molecule has 3 fully saturated rings. The fourth-order valence-corrected chi connectivity index (χ4v) is 7.36. The quantitative estimate of drug-likeness (QED) is 0.666. The molecule has 172 valence electrons. The Kier molecular flexibility index (Phi) is 6.78. The van der Waals surface area contributed by atoms with Gasteiger partial charge < -0.3 is 9.84 Å². The van der Waals surface area contributed by atoms with Crippen LogP contribution in [0.2, 0.25) is 0 Å². The Bertz CT molecular complexity index is 794. The van der Waals surface area contributed by atoms with E-state index in [9.17, 15) is 14.4 Å². The highest BCUT2D eigenvalue weighted by molar-refractivity contribution is 5.91. The molecule has 0 amide bonds. The van der Waals surface area contributed by atoms with Crippen LogP contribution >= 0.6 is 0 Å². The third-order valence-corrected chi connectivity index (χ3v) is 8.77. The number of carbonyl (C=O) groups excluding carboxylic acids is 3. The maximum atomic E-state index is 12.8. The first kappa shape index (κ1) is 23.7. The second kappa shape index (κ2) is 8.87. The number of carbonyl (C=O) groups is 4. The Morgan fingerprint density at radius 2 is 1.71 bits per heavy atom. The van der Waals surface area contributed by atoms with Crippen LogP contribution in [0.3, 0.4) is 0 Å². The predicted octanol–water partition coefficient (Wildman–Crippen LogP) is 4.36. The highest BCUT2D eigenvalue weighted by Crippen LogP contribution is 2.66. The molecule has 6 nitrogen and oxygen atoms in total. The number of allylic oxidation sites excluding steroid dienone is 1. The van der Waals surface area contributed by atoms with Gasteiger partial charge >= 0.3 is 5.97 Å². The van der Waals surface area contributed by atoms with Crippen molar-refractivity contribution < 1.29 is 29.0 Å². The first-order valence-electron chi connectivity index (χ1n) is 11.6. The lowest BCUT2D eigenvalue weighted by molar-refractivity contribution is -0.149. The van der Waals surface area contributed by atoms with Gasteiger partial charge in [-0.05, 0) is 79.6 Å². The van der Waals surface area contributed by atoms with Gasteiger partial charge in [-0.25, -0.2) is 0 Å². The van der Waals surface area contributed by atoms with Crippen molar-refractivity contribution in [3.8, 4) is 0 Å². The van der Waals surface area contributed by atoms with E-state index in [2.05, 4.69) is 13.8 Å². The summed E-state index contributed by atoms with van der Waals surface area (Å²) in [5.41, 5.74) is 1.61. The van der Waals surface area contributed by atoms with E-state index in [1.54, 1.807) is 0 Å². The lowest BCUT2D eigenvalue weighted by Crippen LogP contribution is -2.51.